The van der Waals surface area contributed by atoms with Crippen LogP contribution >= 0.6 is 0 Å². The van der Waals surface area contributed by atoms with Crippen molar-refractivity contribution in [2.45, 2.75) is 290 Å². The number of carbonyl (C=O) groups excluding carboxylic acids is 3. The molecule has 0 saturated carbocycles. The largest absolute Gasteiger partial charge is 0.462 e. The maximum absolute atomic E-state index is 12.9. The van der Waals surface area contributed by atoms with Gasteiger partial charge in [0.15, 0.2) is 6.10 Å². The number of unbranched alkanes of at least 4 members (excludes halogenated alkanes) is 27. The van der Waals surface area contributed by atoms with Gasteiger partial charge in [-0.2, -0.15) is 0 Å². The quantitative estimate of drug-likeness (QED) is 0.0261. The Labute approximate surface area is 445 Å². The SMILES string of the molecule is CC/C=C\C/C=C\C/C=C\C/C=C\C/C=C\CCCC(=O)OC(COC(=O)CCCCCCCCC/C=C\C/C=C\C/C=C\CC)COC(=O)CCCCCCCCCCCCCCCCCCCCCC. The Morgan fingerprint density at radius 3 is 0.889 bits per heavy atom. The Hall–Kier alpha value is -3.67. The minimum Gasteiger partial charge on any atom is -0.462 e. The minimum atomic E-state index is -0.812. The van der Waals surface area contributed by atoms with E-state index in [0.717, 1.165) is 103 Å². The fourth-order valence-corrected chi connectivity index (χ4v) is 8.38. The van der Waals surface area contributed by atoms with E-state index < -0.39 is 6.10 Å². The van der Waals surface area contributed by atoms with Gasteiger partial charge in [0.2, 0.25) is 0 Å². The van der Waals surface area contributed by atoms with Gasteiger partial charge in [-0.15, -0.1) is 0 Å². The van der Waals surface area contributed by atoms with Gasteiger partial charge in [-0.25, -0.2) is 0 Å². The molecule has 0 aliphatic rings. The molecule has 0 aromatic heterocycles. The summed E-state index contributed by atoms with van der Waals surface area (Å²) in [4.78, 5) is 38.2. The van der Waals surface area contributed by atoms with Crippen LogP contribution in [0.4, 0.5) is 0 Å². The van der Waals surface area contributed by atoms with Crippen molar-refractivity contribution >= 4 is 17.9 Å². The smallest absolute Gasteiger partial charge is 0.306 e. The molecule has 0 aromatic rings. The van der Waals surface area contributed by atoms with Crippen LogP contribution in [0.15, 0.2) is 97.2 Å². The van der Waals surface area contributed by atoms with Crippen molar-refractivity contribution in [2.24, 2.45) is 0 Å². The number of hydrogen-bond acceptors (Lipinski definition) is 6. The highest BCUT2D eigenvalue weighted by Gasteiger charge is 2.19. The van der Waals surface area contributed by atoms with E-state index in [4.69, 9.17) is 14.2 Å². The summed E-state index contributed by atoms with van der Waals surface area (Å²) in [6, 6.07) is 0. The molecule has 0 heterocycles. The summed E-state index contributed by atoms with van der Waals surface area (Å²) in [5, 5.41) is 0. The molecule has 0 bridgehead atoms. The van der Waals surface area contributed by atoms with E-state index >= 15 is 0 Å². The summed E-state index contributed by atoms with van der Waals surface area (Å²) in [5.41, 5.74) is 0. The van der Waals surface area contributed by atoms with Crippen molar-refractivity contribution in [1.82, 2.24) is 0 Å². The first-order chi connectivity index (χ1) is 35.5. The van der Waals surface area contributed by atoms with Crippen LogP contribution in [0.1, 0.15) is 284 Å². The normalized spacial score (nSPS) is 12.8. The molecule has 1 unspecified atom stereocenters. The van der Waals surface area contributed by atoms with Gasteiger partial charge in [-0.05, 0) is 89.9 Å². The number of rotatable bonds is 54. The van der Waals surface area contributed by atoms with Crippen molar-refractivity contribution in [2.75, 3.05) is 13.2 Å². The summed E-state index contributed by atoms with van der Waals surface area (Å²) in [6.45, 7) is 6.39. The number of carbonyl (C=O) groups is 3. The Bertz CT molecular complexity index is 1430. The van der Waals surface area contributed by atoms with Gasteiger partial charge in [0, 0.05) is 19.3 Å². The lowest BCUT2D eigenvalue weighted by Gasteiger charge is -2.18. The van der Waals surface area contributed by atoms with Gasteiger partial charge in [0.05, 0.1) is 0 Å². The predicted octanol–water partition coefficient (Wildman–Crippen LogP) is 20.5. The molecule has 1 atom stereocenters. The number of ether oxygens (including phenoxy) is 3. The van der Waals surface area contributed by atoms with Crippen molar-refractivity contribution in [1.29, 1.82) is 0 Å². The highest BCUT2D eigenvalue weighted by Crippen LogP contribution is 2.16. The summed E-state index contributed by atoms with van der Waals surface area (Å²) >= 11 is 0. The van der Waals surface area contributed by atoms with Gasteiger partial charge in [-0.1, -0.05) is 272 Å². The van der Waals surface area contributed by atoms with E-state index in [9.17, 15) is 14.4 Å². The highest BCUT2D eigenvalue weighted by molar-refractivity contribution is 5.71. The molecule has 0 rings (SSSR count). The van der Waals surface area contributed by atoms with Gasteiger partial charge in [0.1, 0.15) is 13.2 Å². The van der Waals surface area contributed by atoms with Crippen LogP contribution in [-0.2, 0) is 28.6 Å². The van der Waals surface area contributed by atoms with E-state index in [1.807, 2.05) is 0 Å². The van der Waals surface area contributed by atoms with Crippen molar-refractivity contribution in [3.8, 4) is 0 Å². The van der Waals surface area contributed by atoms with Gasteiger partial charge in [-0.3, -0.25) is 14.4 Å². The maximum atomic E-state index is 12.9. The van der Waals surface area contributed by atoms with E-state index in [0.29, 0.717) is 19.3 Å². The topological polar surface area (TPSA) is 78.9 Å². The van der Waals surface area contributed by atoms with Crippen LogP contribution in [0, 0.1) is 0 Å². The third-order valence-electron chi connectivity index (χ3n) is 12.8. The molecule has 0 spiro atoms. The van der Waals surface area contributed by atoms with E-state index in [1.165, 1.54) is 135 Å². The van der Waals surface area contributed by atoms with Crippen molar-refractivity contribution in [3.63, 3.8) is 0 Å². The van der Waals surface area contributed by atoms with Crippen LogP contribution in [0.3, 0.4) is 0 Å². The third-order valence-corrected chi connectivity index (χ3v) is 12.8. The Kier molecular flexibility index (Phi) is 56.8. The molecule has 6 nitrogen and oxygen atoms in total. The average Bonchev–Trinajstić information content (AvgIpc) is 3.38. The Morgan fingerprint density at radius 1 is 0.292 bits per heavy atom. The lowest BCUT2D eigenvalue weighted by Crippen LogP contribution is -2.30. The summed E-state index contributed by atoms with van der Waals surface area (Å²) in [6.07, 6.45) is 79.8. The molecule has 72 heavy (non-hydrogen) atoms. The first-order valence-electron chi connectivity index (χ1n) is 30.2. The summed E-state index contributed by atoms with van der Waals surface area (Å²) in [5.74, 6) is -0.962. The first-order valence-corrected chi connectivity index (χ1v) is 30.2. The molecular weight excluding hydrogens is 889 g/mol. The molecule has 6 heteroatoms. The molecule has 0 amide bonds. The summed E-state index contributed by atoms with van der Waals surface area (Å²) < 4.78 is 16.8. The second kappa shape index (κ2) is 59.9. The lowest BCUT2D eigenvalue weighted by molar-refractivity contribution is -0.167. The molecular formula is C66H112O6. The molecule has 0 aliphatic carbocycles. The average molecular weight is 1000 g/mol. The first kappa shape index (κ1) is 68.3. The van der Waals surface area contributed by atoms with Crippen LogP contribution in [0.5, 0.6) is 0 Å². The van der Waals surface area contributed by atoms with Crippen molar-refractivity contribution in [3.05, 3.63) is 97.2 Å². The fourth-order valence-electron chi connectivity index (χ4n) is 8.38. The monoisotopic (exact) mass is 1000 g/mol. The number of esters is 3. The minimum absolute atomic E-state index is 0.102. The van der Waals surface area contributed by atoms with Crippen LogP contribution < -0.4 is 0 Å². The van der Waals surface area contributed by atoms with Gasteiger partial charge >= 0.3 is 17.9 Å². The van der Waals surface area contributed by atoms with E-state index in [2.05, 4.69) is 118 Å². The standard InChI is InChI=1S/C66H112O6/c1-4-7-10-13-16-19-22-25-28-31-32-33-36-38-41-44-47-50-53-56-59-65(68)71-62-63(72-66(69)60-57-54-51-48-45-42-39-35-30-27-24-21-18-15-12-9-6-3)61-70-64(67)58-55-52-49-46-43-40-37-34-29-26-23-20-17-14-11-8-5-2/h8-9,11-12,17-18,20-21,26-27,29-30,39,42,48,51,63H,4-7,10,13-16,19,22-25,28,31-38,40-41,43-47,49-50,52-62H2,1-3H3/b11-8-,12-9-,20-17-,21-18-,29-26-,30-27-,42-39-,51-48-. The van der Waals surface area contributed by atoms with E-state index in [1.54, 1.807) is 0 Å². The molecule has 0 N–H and O–H groups in total. The van der Waals surface area contributed by atoms with Crippen LogP contribution in [-0.4, -0.2) is 37.2 Å². The number of hydrogen-bond donors (Lipinski definition) is 0. The second-order valence-electron chi connectivity index (χ2n) is 19.9. The zero-order valence-electron chi connectivity index (χ0n) is 47.2. The third kappa shape index (κ3) is 57.2. The van der Waals surface area contributed by atoms with E-state index in [-0.39, 0.29) is 37.5 Å². The molecule has 0 aromatic carbocycles. The van der Waals surface area contributed by atoms with Gasteiger partial charge in [0.25, 0.3) is 0 Å². The predicted molar refractivity (Wildman–Crippen MR) is 311 cm³/mol. The Morgan fingerprint density at radius 2 is 0.556 bits per heavy atom. The van der Waals surface area contributed by atoms with Gasteiger partial charge < -0.3 is 14.2 Å². The zero-order valence-corrected chi connectivity index (χ0v) is 47.2. The van der Waals surface area contributed by atoms with Crippen LogP contribution in [0.2, 0.25) is 0 Å². The maximum Gasteiger partial charge on any atom is 0.306 e. The highest BCUT2D eigenvalue weighted by atomic mass is 16.6. The fraction of sp³-hybridized carbons (Fsp3) is 0.712. The molecule has 412 valence electrons. The molecule has 0 aliphatic heterocycles. The molecule has 0 saturated heterocycles. The van der Waals surface area contributed by atoms with Crippen LogP contribution in [0.25, 0.3) is 0 Å². The Balaban J connectivity index is 4.44. The number of allylic oxidation sites excluding steroid dienone is 16. The second-order valence-corrected chi connectivity index (χ2v) is 19.9. The molecule has 0 radical (unpaired) electrons. The molecule has 0 fully saturated rings. The summed E-state index contributed by atoms with van der Waals surface area (Å²) in [7, 11) is 0. The lowest BCUT2D eigenvalue weighted by atomic mass is 10.0. The van der Waals surface area contributed by atoms with Crippen molar-refractivity contribution < 1.29 is 28.6 Å². The zero-order chi connectivity index (χ0) is 52.2.